The lowest BCUT2D eigenvalue weighted by Gasteiger charge is -2.23. The molecule has 7 heteroatoms. The summed E-state index contributed by atoms with van der Waals surface area (Å²) in [6, 6.07) is 8.50. The van der Waals surface area contributed by atoms with Gasteiger partial charge in [0.15, 0.2) is 11.5 Å². The number of ether oxygens (including phenoxy) is 3. The van der Waals surface area contributed by atoms with Gasteiger partial charge in [0.1, 0.15) is 0 Å². The highest BCUT2D eigenvalue weighted by Crippen LogP contribution is 2.42. The lowest BCUT2D eigenvalue weighted by Crippen LogP contribution is -2.31. The van der Waals surface area contributed by atoms with Crippen LogP contribution in [0, 0.1) is 20.8 Å². The van der Waals surface area contributed by atoms with Crippen molar-refractivity contribution in [1.29, 1.82) is 0 Å². The standard InChI is InChI=1S/C25H30N4O3/c1-16-10-20-18(3)26-25(27-21(20)11-17(16)2)29-7-5-6-28(8-9-29)14-19-12-22(30-4)24-23(13-19)31-15-32-24/h10-13H,5-9,14-15H2,1-4H3. The Balaban J connectivity index is 1.32. The summed E-state index contributed by atoms with van der Waals surface area (Å²) in [6.07, 6.45) is 1.06. The molecular formula is C25H30N4O3. The molecule has 3 heterocycles. The first kappa shape index (κ1) is 20.8. The van der Waals surface area contributed by atoms with Gasteiger partial charge in [-0.3, -0.25) is 4.90 Å². The van der Waals surface area contributed by atoms with Crippen LogP contribution in [0.15, 0.2) is 24.3 Å². The van der Waals surface area contributed by atoms with Crippen molar-refractivity contribution in [1.82, 2.24) is 14.9 Å². The summed E-state index contributed by atoms with van der Waals surface area (Å²) in [4.78, 5) is 14.6. The van der Waals surface area contributed by atoms with Gasteiger partial charge in [-0.05, 0) is 68.1 Å². The van der Waals surface area contributed by atoms with Gasteiger partial charge in [0.05, 0.1) is 18.3 Å². The van der Waals surface area contributed by atoms with Crippen LogP contribution in [0.25, 0.3) is 10.9 Å². The fraction of sp³-hybridized carbons (Fsp3) is 0.440. The maximum atomic E-state index is 5.59. The molecule has 0 unspecified atom stereocenters. The third kappa shape index (κ3) is 3.93. The van der Waals surface area contributed by atoms with Crippen molar-refractivity contribution in [3.05, 3.63) is 46.6 Å². The van der Waals surface area contributed by atoms with Gasteiger partial charge in [0.2, 0.25) is 18.5 Å². The van der Waals surface area contributed by atoms with Crippen molar-refractivity contribution in [3.63, 3.8) is 0 Å². The van der Waals surface area contributed by atoms with E-state index >= 15 is 0 Å². The van der Waals surface area contributed by atoms with Crippen molar-refractivity contribution in [2.45, 2.75) is 33.7 Å². The molecule has 0 aliphatic carbocycles. The fourth-order valence-electron chi connectivity index (χ4n) is 4.53. The molecule has 5 rings (SSSR count). The van der Waals surface area contributed by atoms with Crippen LogP contribution < -0.4 is 19.1 Å². The van der Waals surface area contributed by atoms with E-state index in [0.29, 0.717) is 5.75 Å². The number of hydrogen-bond donors (Lipinski definition) is 0. The Morgan fingerprint density at radius 3 is 2.62 bits per heavy atom. The number of nitrogens with zero attached hydrogens (tertiary/aromatic N) is 4. The lowest BCUT2D eigenvalue weighted by atomic mass is 10.1. The molecule has 0 radical (unpaired) electrons. The highest BCUT2D eigenvalue weighted by Gasteiger charge is 2.22. The van der Waals surface area contributed by atoms with E-state index in [1.54, 1.807) is 7.11 Å². The number of aromatic nitrogens is 2. The number of rotatable bonds is 4. The summed E-state index contributed by atoms with van der Waals surface area (Å²) < 4.78 is 16.6. The Labute approximate surface area is 188 Å². The van der Waals surface area contributed by atoms with Crippen LogP contribution in [0.5, 0.6) is 17.2 Å². The Bertz CT molecular complexity index is 1160. The first-order valence-corrected chi connectivity index (χ1v) is 11.2. The lowest BCUT2D eigenvalue weighted by molar-refractivity contribution is 0.171. The second-order valence-corrected chi connectivity index (χ2v) is 8.71. The van der Waals surface area contributed by atoms with Gasteiger partial charge in [0.25, 0.3) is 0 Å². The maximum absolute atomic E-state index is 5.59. The van der Waals surface area contributed by atoms with E-state index in [1.807, 2.05) is 0 Å². The number of fused-ring (bicyclic) bond motifs is 2. The van der Waals surface area contributed by atoms with E-state index < -0.39 is 0 Å². The topological polar surface area (TPSA) is 60.0 Å². The average Bonchev–Trinajstić information content (AvgIpc) is 3.13. The smallest absolute Gasteiger partial charge is 0.231 e. The number of benzene rings is 2. The Kier molecular flexibility index (Phi) is 5.51. The van der Waals surface area contributed by atoms with Crippen LogP contribution in [0.2, 0.25) is 0 Å². The Morgan fingerprint density at radius 1 is 0.938 bits per heavy atom. The van der Waals surface area contributed by atoms with Crippen LogP contribution in [-0.4, -0.2) is 54.9 Å². The minimum absolute atomic E-state index is 0.248. The van der Waals surface area contributed by atoms with Gasteiger partial charge < -0.3 is 19.1 Å². The van der Waals surface area contributed by atoms with Gasteiger partial charge >= 0.3 is 0 Å². The second-order valence-electron chi connectivity index (χ2n) is 8.71. The minimum atomic E-state index is 0.248. The molecule has 0 spiro atoms. The summed E-state index contributed by atoms with van der Waals surface area (Å²) in [5.74, 6) is 3.04. The van der Waals surface area contributed by atoms with Gasteiger partial charge in [-0.15, -0.1) is 0 Å². The third-order valence-electron chi connectivity index (χ3n) is 6.49. The molecule has 2 aromatic carbocycles. The Morgan fingerprint density at radius 2 is 1.78 bits per heavy atom. The highest BCUT2D eigenvalue weighted by molar-refractivity contribution is 5.83. The van der Waals surface area contributed by atoms with E-state index in [2.05, 4.69) is 54.8 Å². The number of aryl methyl sites for hydroxylation is 3. The molecule has 0 saturated carbocycles. The molecule has 1 saturated heterocycles. The van der Waals surface area contributed by atoms with Crippen molar-refractivity contribution in [2.24, 2.45) is 0 Å². The largest absolute Gasteiger partial charge is 0.493 e. The fourth-order valence-corrected chi connectivity index (χ4v) is 4.53. The summed E-state index contributed by atoms with van der Waals surface area (Å²) in [7, 11) is 1.67. The van der Waals surface area contributed by atoms with Crippen molar-refractivity contribution in [3.8, 4) is 17.2 Å². The molecule has 0 N–H and O–H groups in total. The minimum Gasteiger partial charge on any atom is -0.493 e. The molecule has 3 aromatic rings. The predicted octanol–water partition coefficient (Wildman–Crippen LogP) is 4.00. The summed E-state index contributed by atoms with van der Waals surface area (Å²) >= 11 is 0. The van der Waals surface area contributed by atoms with E-state index in [0.717, 1.165) is 73.2 Å². The molecule has 7 nitrogen and oxygen atoms in total. The van der Waals surface area contributed by atoms with E-state index in [1.165, 1.54) is 16.7 Å². The average molecular weight is 435 g/mol. The van der Waals surface area contributed by atoms with Gasteiger partial charge in [-0.1, -0.05) is 0 Å². The quantitative estimate of drug-likeness (QED) is 0.615. The highest BCUT2D eigenvalue weighted by atomic mass is 16.7. The number of hydrogen-bond acceptors (Lipinski definition) is 7. The molecule has 168 valence electrons. The zero-order valence-electron chi connectivity index (χ0n) is 19.3. The molecular weight excluding hydrogens is 404 g/mol. The Hall–Kier alpha value is -3.06. The van der Waals surface area contributed by atoms with Crippen LogP contribution in [0.1, 0.15) is 28.8 Å². The molecule has 32 heavy (non-hydrogen) atoms. The first-order valence-electron chi connectivity index (χ1n) is 11.2. The zero-order valence-corrected chi connectivity index (χ0v) is 19.3. The number of anilines is 1. The van der Waals surface area contributed by atoms with Crippen LogP contribution >= 0.6 is 0 Å². The van der Waals surface area contributed by atoms with Gasteiger partial charge in [0, 0.05) is 38.1 Å². The van der Waals surface area contributed by atoms with E-state index in [4.69, 9.17) is 24.2 Å². The van der Waals surface area contributed by atoms with Crippen LogP contribution in [0.3, 0.4) is 0 Å². The molecule has 2 aliphatic heterocycles. The van der Waals surface area contributed by atoms with Crippen molar-refractivity contribution < 1.29 is 14.2 Å². The van der Waals surface area contributed by atoms with Crippen LogP contribution in [-0.2, 0) is 6.54 Å². The SMILES string of the molecule is COc1cc(CN2CCCN(c3nc(C)c4cc(C)c(C)cc4n3)CC2)cc2c1OCO2. The van der Waals surface area contributed by atoms with Gasteiger partial charge in [-0.2, -0.15) is 0 Å². The predicted molar refractivity (Wildman–Crippen MR) is 125 cm³/mol. The molecule has 0 bridgehead atoms. The van der Waals surface area contributed by atoms with Crippen molar-refractivity contribution >= 4 is 16.9 Å². The maximum Gasteiger partial charge on any atom is 0.231 e. The molecule has 1 fully saturated rings. The zero-order chi connectivity index (χ0) is 22.2. The van der Waals surface area contributed by atoms with Crippen molar-refractivity contribution in [2.75, 3.05) is 45.0 Å². The summed E-state index contributed by atoms with van der Waals surface area (Å²) in [6.45, 7) is 11.3. The van der Waals surface area contributed by atoms with Crippen LogP contribution in [0.4, 0.5) is 5.95 Å². The molecule has 0 atom stereocenters. The molecule has 1 aromatic heterocycles. The number of methoxy groups -OCH3 is 1. The normalized spacial score (nSPS) is 16.4. The van der Waals surface area contributed by atoms with Gasteiger partial charge in [-0.25, -0.2) is 9.97 Å². The first-order chi connectivity index (χ1) is 15.5. The molecule has 2 aliphatic rings. The summed E-state index contributed by atoms with van der Waals surface area (Å²) in [5.41, 5.74) is 5.79. The van der Waals surface area contributed by atoms with E-state index in [-0.39, 0.29) is 6.79 Å². The van der Waals surface area contributed by atoms with E-state index in [9.17, 15) is 0 Å². The molecule has 0 amide bonds. The second kappa shape index (κ2) is 8.47. The third-order valence-corrected chi connectivity index (χ3v) is 6.49. The monoisotopic (exact) mass is 434 g/mol. The summed E-state index contributed by atoms with van der Waals surface area (Å²) in [5, 5.41) is 1.14.